The highest BCUT2D eigenvalue weighted by Crippen LogP contribution is 2.32. The molecule has 1 aliphatic rings. The van der Waals surface area contributed by atoms with Crippen molar-refractivity contribution in [1.29, 1.82) is 0 Å². The molecule has 0 aliphatic heterocycles. The monoisotopic (exact) mass is 314 g/mol. The molecule has 1 aliphatic carbocycles. The van der Waals surface area contributed by atoms with Crippen molar-refractivity contribution in [3.63, 3.8) is 0 Å². The number of likely N-dealkylation sites (N-methyl/N-ethyl adjacent to an activating group) is 1. The predicted molar refractivity (Wildman–Crippen MR) is 92.2 cm³/mol. The van der Waals surface area contributed by atoms with Gasteiger partial charge in [-0.1, -0.05) is 19.3 Å². The first kappa shape index (κ1) is 15.9. The van der Waals surface area contributed by atoms with E-state index in [9.17, 15) is 0 Å². The largest absolute Gasteiger partial charge is 0.352 e. The molecule has 3 rings (SSSR count). The number of nitrogens with one attached hydrogen (secondary N) is 1. The molecule has 1 N–H and O–H groups in total. The van der Waals surface area contributed by atoms with E-state index in [1.165, 1.54) is 32.1 Å². The number of hydrogen-bond acceptors (Lipinski definition) is 5. The summed E-state index contributed by atoms with van der Waals surface area (Å²) in [7, 11) is 6.27. The van der Waals surface area contributed by atoms with Gasteiger partial charge >= 0.3 is 0 Å². The Kier molecular flexibility index (Phi) is 4.61. The van der Waals surface area contributed by atoms with Gasteiger partial charge in [-0.05, 0) is 33.0 Å². The molecule has 6 nitrogen and oxygen atoms in total. The maximum atomic E-state index is 4.64. The lowest BCUT2D eigenvalue weighted by Crippen LogP contribution is -2.51. The highest BCUT2D eigenvalue weighted by Gasteiger charge is 2.34. The molecule has 0 saturated heterocycles. The molecule has 0 atom stereocenters. The smallest absolute Gasteiger partial charge is 0.223 e. The summed E-state index contributed by atoms with van der Waals surface area (Å²) < 4.78 is 1.79. The second-order valence-electron chi connectivity index (χ2n) is 6.70. The normalized spacial score (nSPS) is 17.4. The summed E-state index contributed by atoms with van der Waals surface area (Å²) in [5.74, 6) is 0.693. The zero-order valence-electron chi connectivity index (χ0n) is 14.3. The first-order valence-electron chi connectivity index (χ1n) is 8.32. The van der Waals surface area contributed by atoms with E-state index in [0.29, 0.717) is 5.95 Å². The van der Waals surface area contributed by atoms with Crippen molar-refractivity contribution in [2.24, 2.45) is 7.05 Å². The molecular weight excluding hydrogens is 288 g/mol. The third-order valence-electron chi connectivity index (χ3n) is 4.96. The Morgan fingerprint density at radius 2 is 2.04 bits per heavy atom. The maximum Gasteiger partial charge on any atom is 0.223 e. The number of hydrogen-bond donors (Lipinski definition) is 1. The number of aryl methyl sites for hydroxylation is 1. The Balaban J connectivity index is 1.72. The fourth-order valence-corrected chi connectivity index (χ4v) is 3.39. The van der Waals surface area contributed by atoms with Crippen molar-refractivity contribution in [2.75, 3.05) is 26.0 Å². The van der Waals surface area contributed by atoms with Gasteiger partial charge in [0, 0.05) is 37.1 Å². The number of anilines is 1. The molecule has 2 heterocycles. The lowest BCUT2D eigenvalue weighted by Gasteiger charge is -2.43. The summed E-state index contributed by atoms with van der Waals surface area (Å²) in [6.45, 7) is 0.885. The minimum Gasteiger partial charge on any atom is -0.352 e. The highest BCUT2D eigenvalue weighted by molar-refractivity contribution is 5.57. The van der Waals surface area contributed by atoms with Crippen LogP contribution in [0.1, 0.15) is 32.1 Å². The first-order valence-corrected chi connectivity index (χ1v) is 8.32. The van der Waals surface area contributed by atoms with E-state index < -0.39 is 0 Å². The van der Waals surface area contributed by atoms with E-state index in [2.05, 4.69) is 39.4 Å². The van der Waals surface area contributed by atoms with Gasteiger partial charge in [0.2, 0.25) is 5.95 Å². The second kappa shape index (κ2) is 6.66. The third kappa shape index (κ3) is 3.52. The molecule has 0 amide bonds. The van der Waals surface area contributed by atoms with Crippen LogP contribution in [0.15, 0.2) is 24.7 Å². The Bertz CT molecular complexity index is 642. The topological polar surface area (TPSA) is 58.9 Å². The minimum absolute atomic E-state index is 0.214. The fourth-order valence-electron chi connectivity index (χ4n) is 3.39. The average molecular weight is 314 g/mol. The van der Waals surface area contributed by atoms with Gasteiger partial charge in [-0.25, -0.2) is 9.97 Å². The highest BCUT2D eigenvalue weighted by atomic mass is 15.2. The standard InChI is InChI=1S/C17H26N6/c1-22(2)17(8-5-4-6-9-17)13-19-16-18-10-7-15(21-16)14-11-20-23(3)12-14/h7,10-12H,4-6,8-9,13H2,1-3H3,(H,18,19,21). The van der Waals surface area contributed by atoms with Gasteiger partial charge in [0.05, 0.1) is 11.9 Å². The van der Waals surface area contributed by atoms with Crippen molar-refractivity contribution < 1.29 is 0 Å². The number of rotatable bonds is 5. The Hall–Kier alpha value is -1.95. The van der Waals surface area contributed by atoms with Crippen molar-refractivity contribution in [3.8, 4) is 11.3 Å². The Morgan fingerprint density at radius 1 is 1.26 bits per heavy atom. The fraction of sp³-hybridized carbons (Fsp3) is 0.588. The summed E-state index contributed by atoms with van der Waals surface area (Å²) in [5, 5.41) is 7.67. The van der Waals surface area contributed by atoms with Gasteiger partial charge in [0.1, 0.15) is 0 Å². The van der Waals surface area contributed by atoms with Crippen LogP contribution < -0.4 is 5.32 Å². The zero-order valence-corrected chi connectivity index (χ0v) is 14.3. The van der Waals surface area contributed by atoms with Gasteiger partial charge in [-0.2, -0.15) is 5.10 Å². The van der Waals surface area contributed by atoms with E-state index in [0.717, 1.165) is 17.8 Å². The average Bonchev–Trinajstić information content (AvgIpc) is 3.00. The predicted octanol–water partition coefficient (Wildman–Crippen LogP) is 2.55. The summed E-state index contributed by atoms with van der Waals surface area (Å²) in [6.07, 6.45) is 12.0. The molecule has 6 heteroatoms. The molecular formula is C17H26N6. The van der Waals surface area contributed by atoms with Gasteiger partial charge in [0.25, 0.3) is 0 Å². The van der Waals surface area contributed by atoms with E-state index >= 15 is 0 Å². The maximum absolute atomic E-state index is 4.64. The van der Waals surface area contributed by atoms with E-state index in [1.807, 2.05) is 25.5 Å². The van der Waals surface area contributed by atoms with E-state index in [4.69, 9.17) is 0 Å². The van der Waals surface area contributed by atoms with E-state index in [1.54, 1.807) is 10.9 Å². The van der Waals surface area contributed by atoms with Gasteiger partial charge in [-0.3, -0.25) is 4.68 Å². The quantitative estimate of drug-likeness (QED) is 0.919. The second-order valence-corrected chi connectivity index (χ2v) is 6.70. The van der Waals surface area contributed by atoms with Crippen LogP contribution >= 0.6 is 0 Å². The molecule has 2 aromatic heterocycles. The van der Waals surface area contributed by atoms with Crippen LogP contribution in [0.3, 0.4) is 0 Å². The van der Waals surface area contributed by atoms with Crippen molar-refractivity contribution in [1.82, 2.24) is 24.6 Å². The van der Waals surface area contributed by atoms with Gasteiger partial charge in [-0.15, -0.1) is 0 Å². The van der Waals surface area contributed by atoms with Crippen molar-refractivity contribution in [3.05, 3.63) is 24.7 Å². The number of nitrogens with zero attached hydrogens (tertiary/aromatic N) is 5. The molecule has 0 bridgehead atoms. The lowest BCUT2D eigenvalue weighted by atomic mass is 9.80. The molecule has 0 aromatic carbocycles. The van der Waals surface area contributed by atoms with Crippen LogP contribution in [-0.4, -0.2) is 50.8 Å². The van der Waals surface area contributed by atoms with Crippen molar-refractivity contribution >= 4 is 5.95 Å². The summed E-state index contributed by atoms with van der Waals surface area (Å²) >= 11 is 0. The van der Waals surface area contributed by atoms with Crippen molar-refractivity contribution in [2.45, 2.75) is 37.6 Å². The van der Waals surface area contributed by atoms with E-state index in [-0.39, 0.29) is 5.54 Å². The Labute approximate surface area is 137 Å². The van der Waals surface area contributed by atoms with Gasteiger partial charge in [0.15, 0.2) is 0 Å². The Morgan fingerprint density at radius 3 is 2.70 bits per heavy atom. The van der Waals surface area contributed by atoms with Crippen LogP contribution in [0.4, 0.5) is 5.95 Å². The van der Waals surface area contributed by atoms with Crippen LogP contribution in [-0.2, 0) is 7.05 Å². The van der Waals surface area contributed by atoms with Crippen LogP contribution in [0.2, 0.25) is 0 Å². The molecule has 124 valence electrons. The minimum atomic E-state index is 0.214. The van der Waals surface area contributed by atoms with Crippen LogP contribution in [0.5, 0.6) is 0 Å². The third-order valence-corrected chi connectivity index (χ3v) is 4.96. The summed E-state index contributed by atoms with van der Waals surface area (Å²) in [4.78, 5) is 11.4. The zero-order chi connectivity index (χ0) is 16.3. The summed E-state index contributed by atoms with van der Waals surface area (Å²) in [6, 6.07) is 1.92. The van der Waals surface area contributed by atoms with Crippen LogP contribution in [0, 0.1) is 0 Å². The SMILES string of the molecule is CN(C)C1(CNc2nccc(-c3cnn(C)c3)n2)CCCCC1. The summed E-state index contributed by atoms with van der Waals surface area (Å²) in [5.41, 5.74) is 2.13. The molecule has 0 unspecified atom stereocenters. The molecule has 1 fully saturated rings. The molecule has 1 saturated carbocycles. The van der Waals surface area contributed by atoms with Gasteiger partial charge < -0.3 is 10.2 Å². The lowest BCUT2D eigenvalue weighted by molar-refractivity contribution is 0.113. The molecule has 0 spiro atoms. The molecule has 0 radical (unpaired) electrons. The molecule has 23 heavy (non-hydrogen) atoms. The molecule has 2 aromatic rings. The van der Waals surface area contributed by atoms with Crippen LogP contribution in [0.25, 0.3) is 11.3 Å². The first-order chi connectivity index (χ1) is 11.1. The number of aromatic nitrogens is 4.